The predicted molar refractivity (Wildman–Crippen MR) is 76.0 cm³/mol. The topological polar surface area (TPSA) is 55.4 Å². The van der Waals surface area contributed by atoms with Gasteiger partial charge in [-0.05, 0) is 46.5 Å². The molecule has 5 heteroatoms. The van der Waals surface area contributed by atoms with Gasteiger partial charge in [0.1, 0.15) is 0 Å². The molecule has 2 rings (SSSR count). The van der Waals surface area contributed by atoms with Crippen LogP contribution in [0.4, 0.5) is 5.69 Å². The average Bonchev–Trinajstić information content (AvgIpc) is 3.06. The van der Waals surface area contributed by atoms with Crippen LogP contribution in [0.5, 0.6) is 0 Å². The van der Waals surface area contributed by atoms with E-state index < -0.39 is 5.97 Å². The summed E-state index contributed by atoms with van der Waals surface area (Å²) in [6.45, 7) is 3.82. The number of hydrogen-bond acceptors (Lipinski definition) is 3. The molecule has 1 amide bonds. The summed E-state index contributed by atoms with van der Waals surface area (Å²) < 4.78 is 5.30. The van der Waals surface area contributed by atoms with Gasteiger partial charge < -0.3 is 10.1 Å². The number of halogens is 1. The highest BCUT2D eigenvalue weighted by Gasteiger charge is 2.29. The minimum atomic E-state index is -0.446. The van der Waals surface area contributed by atoms with Crippen molar-refractivity contribution in [1.82, 2.24) is 0 Å². The maximum Gasteiger partial charge on any atom is 0.339 e. The Bertz CT molecular complexity index is 554. The molecule has 0 heterocycles. The normalized spacial score (nSPS) is 16.9. The third-order valence-electron chi connectivity index (χ3n) is 3.01. The van der Waals surface area contributed by atoms with E-state index in [9.17, 15) is 9.59 Å². The summed E-state index contributed by atoms with van der Waals surface area (Å²) in [6, 6.07) is 5.03. The summed E-state index contributed by atoms with van der Waals surface area (Å²) >= 11 is 3.27. The third-order valence-corrected chi connectivity index (χ3v) is 3.70. The van der Waals surface area contributed by atoms with Gasteiger partial charge in [-0.2, -0.15) is 0 Å². The lowest BCUT2D eigenvalue weighted by molar-refractivity contribution is -0.116. The van der Waals surface area contributed by atoms with E-state index in [1.807, 2.05) is 0 Å². The summed E-state index contributed by atoms with van der Waals surface area (Å²) in [5.41, 5.74) is 2.09. The number of anilines is 1. The van der Waals surface area contributed by atoms with Crippen LogP contribution in [0.1, 0.15) is 23.2 Å². The molecule has 1 atom stereocenters. The Morgan fingerprint density at radius 1 is 1.53 bits per heavy atom. The van der Waals surface area contributed by atoms with E-state index >= 15 is 0 Å². The molecule has 0 spiro atoms. The van der Waals surface area contributed by atoms with Crippen molar-refractivity contribution in [2.75, 3.05) is 12.4 Å². The highest BCUT2D eigenvalue weighted by atomic mass is 79.9. The Labute approximate surface area is 120 Å². The van der Waals surface area contributed by atoms with Gasteiger partial charge in [0.25, 0.3) is 0 Å². The zero-order valence-corrected chi connectivity index (χ0v) is 12.1. The van der Waals surface area contributed by atoms with Crippen LogP contribution >= 0.6 is 15.9 Å². The smallest absolute Gasteiger partial charge is 0.339 e. The number of ether oxygens (including phenoxy) is 1. The van der Waals surface area contributed by atoms with Crippen molar-refractivity contribution in [3.05, 3.63) is 40.4 Å². The van der Waals surface area contributed by atoms with Crippen molar-refractivity contribution in [3.8, 4) is 0 Å². The average molecular weight is 324 g/mol. The van der Waals surface area contributed by atoms with Gasteiger partial charge in [-0.1, -0.05) is 12.2 Å². The van der Waals surface area contributed by atoms with Crippen LogP contribution in [0.15, 0.2) is 34.8 Å². The number of methoxy groups -OCH3 is 1. The molecule has 0 saturated heterocycles. The van der Waals surface area contributed by atoms with Crippen molar-refractivity contribution < 1.29 is 14.3 Å². The fraction of sp³-hybridized carbons (Fsp3) is 0.286. The van der Waals surface area contributed by atoms with Gasteiger partial charge in [0, 0.05) is 16.6 Å². The van der Waals surface area contributed by atoms with Crippen molar-refractivity contribution in [3.63, 3.8) is 0 Å². The van der Waals surface area contributed by atoms with Crippen LogP contribution in [0, 0.1) is 5.92 Å². The van der Waals surface area contributed by atoms with Crippen LogP contribution in [0.25, 0.3) is 0 Å². The Morgan fingerprint density at radius 3 is 2.79 bits per heavy atom. The first-order chi connectivity index (χ1) is 9.01. The van der Waals surface area contributed by atoms with Gasteiger partial charge in [0.2, 0.25) is 5.91 Å². The summed E-state index contributed by atoms with van der Waals surface area (Å²) in [6.07, 6.45) is 1.38. The lowest BCUT2D eigenvalue weighted by atomic mass is 10.2. The molecule has 0 aliphatic heterocycles. The second-order valence-corrected chi connectivity index (χ2v) is 5.35. The van der Waals surface area contributed by atoms with Crippen LogP contribution in [0.3, 0.4) is 0 Å². The Kier molecular flexibility index (Phi) is 4.04. The molecule has 1 aromatic carbocycles. The molecule has 0 aromatic heterocycles. The maximum absolute atomic E-state index is 11.8. The zero-order valence-electron chi connectivity index (χ0n) is 10.5. The standard InChI is InChI=1S/C14H14BrNO3/c1-8-5-9(8)6-13(17)16-10-3-4-12(15)11(7-10)14(18)19-2/h3-4,7,9H,1,5-6H2,2H3,(H,16,17). The number of allylic oxidation sites excluding steroid dienone is 1. The van der Waals surface area contributed by atoms with E-state index in [0.29, 0.717) is 28.1 Å². The van der Waals surface area contributed by atoms with Gasteiger partial charge in [-0.3, -0.25) is 4.79 Å². The van der Waals surface area contributed by atoms with E-state index in [-0.39, 0.29) is 5.91 Å². The summed E-state index contributed by atoms with van der Waals surface area (Å²) in [5, 5.41) is 2.77. The molecule has 1 aromatic rings. The molecule has 100 valence electrons. The number of amides is 1. The van der Waals surface area contributed by atoms with Crippen LogP contribution in [-0.2, 0) is 9.53 Å². The van der Waals surface area contributed by atoms with Gasteiger partial charge in [0.05, 0.1) is 12.7 Å². The molecular weight excluding hydrogens is 310 g/mol. The summed E-state index contributed by atoms with van der Waals surface area (Å²) in [4.78, 5) is 23.3. The quantitative estimate of drug-likeness (QED) is 0.684. The van der Waals surface area contributed by atoms with Gasteiger partial charge in [-0.15, -0.1) is 0 Å². The van der Waals surface area contributed by atoms with Gasteiger partial charge in [-0.25, -0.2) is 4.79 Å². The van der Waals surface area contributed by atoms with E-state index in [1.54, 1.807) is 18.2 Å². The fourth-order valence-corrected chi connectivity index (χ4v) is 2.19. The molecule has 19 heavy (non-hydrogen) atoms. The Morgan fingerprint density at radius 2 is 2.21 bits per heavy atom. The van der Waals surface area contributed by atoms with Crippen molar-refractivity contribution in [2.24, 2.45) is 5.92 Å². The van der Waals surface area contributed by atoms with Crippen LogP contribution < -0.4 is 5.32 Å². The molecule has 1 aliphatic carbocycles. The number of nitrogens with one attached hydrogen (secondary N) is 1. The number of rotatable bonds is 4. The monoisotopic (exact) mass is 323 g/mol. The predicted octanol–water partition coefficient (Wildman–Crippen LogP) is 3.14. The van der Waals surface area contributed by atoms with E-state index in [2.05, 4.69) is 32.6 Å². The minimum absolute atomic E-state index is 0.0678. The number of hydrogen-bond donors (Lipinski definition) is 1. The second-order valence-electron chi connectivity index (χ2n) is 4.50. The molecule has 1 fully saturated rings. The Balaban J connectivity index is 2.06. The highest BCUT2D eigenvalue weighted by Crippen LogP contribution is 2.38. The van der Waals surface area contributed by atoms with Gasteiger partial charge >= 0.3 is 5.97 Å². The number of carbonyl (C=O) groups is 2. The van der Waals surface area contributed by atoms with Crippen LogP contribution in [-0.4, -0.2) is 19.0 Å². The van der Waals surface area contributed by atoms with E-state index in [0.717, 1.165) is 12.0 Å². The second kappa shape index (κ2) is 5.57. The third kappa shape index (κ3) is 3.44. The molecule has 1 saturated carbocycles. The fourth-order valence-electron chi connectivity index (χ4n) is 1.78. The highest BCUT2D eigenvalue weighted by molar-refractivity contribution is 9.10. The lowest BCUT2D eigenvalue weighted by Gasteiger charge is -2.08. The van der Waals surface area contributed by atoms with Crippen LogP contribution in [0.2, 0.25) is 0 Å². The first-order valence-electron chi connectivity index (χ1n) is 5.86. The first-order valence-corrected chi connectivity index (χ1v) is 6.66. The molecule has 1 N–H and O–H groups in total. The molecule has 0 radical (unpaired) electrons. The number of carbonyl (C=O) groups excluding carboxylic acids is 2. The molecule has 4 nitrogen and oxygen atoms in total. The number of benzene rings is 1. The minimum Gasteiger partial charge on any atom is -0.465 e. The number of esters is 1. The molecule has 0 bridgehead atoms. The lowest BCUT2D eigenvalue weighted by Crippen LogP contribution is -2.13. The van der Waals surface area contributed by atoms with Crippen molar-refractivity contribution >= 4 is 33.5 Å². The molecular formula is C14H14BrNO3. The first kappa shape index (κ1) is 13.8. The Hall–Kier alpha value is -1.62. The van der Waals surface area contributed by atoms with E-state index in [1.165, 1.54) is 7.11 Å². The maximum atomic E-state index is 11.8. The van der Waals surface area contributed by atoms with Gasteiger partial charge in [0.15, 0.2) is 0 Å². The van der Waals surface area contributed by atoms with E-state index in [4.69, 9.17) is 0 Å². The summed E-state index contributed by atoms with van der Waals surface area (Å²) in [5.74, 6) is -0.198. The summed E-state index contributed by atoms with van der Waals surface area (Å²) in [7, 11) is 1.32. The SMILES string of the molecule is C=C1CC1CC(=O)Nc1ccc(Br)c(C(=O)OC)c1. The largest absolute Gasteiger partial charge is 0.465 e. The molecule has 1 unspecified atom stereocenters. The molecule has 1 aliphatic rings. The van der Waals surface area contributed by atoms with Crippen molar-refractivity contribution in [2.45, 2.75) is 12.8 Å². The zero-order chi connectivity index (χ0) is 14.0. The van der Waals surface area contributed by atoms with Crippen molar-refractivity contribution in [1.29, 1.82) is 0 Å².